The Morgan fingerprint density at radius 3 is 2.56 bits per heavy atom. The molecule has 0 unspecified atom stereocenters. The molecule has 2 N–H and O–H groups in total. The summed E-state index contributed by atoms with van der Waals surface area (Å²) in [4.78, 5) is 0. The summed E-state index contributed by atoms with van der Waals surface area (Å²) in [6, 6.07) is 16.4. The molecule has 0 aromatic heterocycles. The fraction of sp³-hybridized carbons (Fsp3) is 0.250. The Labute approximate surface area is 107 Å². The maximum atomic E-state index is 10.5. The molecule has 2 nitrogen and oxygen atoms in total. The minimum atomic E-state index is 0.300. The molecule has 1 aliphatic rings. The Bertz CT molecular complexity index is 530. The lowest BCUT2D eigenvalue weighted by Gasteiger charge is -2.15. The highest BCUT2D eigenvalue weighted by molar-refractivity contribution is 5.71. The van der Waals surface area contributed by atoms with Gasteiger partial charge in [-0.1, -0.05) is 48.5 Å². The smallest absolute Gasteiger partial charge is 0.128 e. The second-order valence-corrected chi connectivity index (χ2v) is 4.76. The zero-order chi connectivity index (χ0) is 12.4. The average molecular weight is 239 g/mol. The first-order valence-electron chi connectivity index (χ1n) is 6.47. The normalized spacial score (nSPS) is 19.0. The van der Waals surface area contributed by atoms with E-state index in [9.17, 15) is 5.11 Å². The largest absolute Gasteiger partial charge is 0.507 e. The molecular formula is C16H17NO. The number of phenols is 1. The van der Waals surface area contributed by atoms with E-state index >= 15 is 0 Å². The predicted octanol–water partition coefficient (Wildman–Crippen LogP) is 3.48. The summed E-state index contributed by atoms with van der Waals surface area (Å²) in [6.07, 6.45) is 2.28. The van der Waals surface area contributed by atoms with Crippen molar-refractivity contribution in [2.45, 2.75) is 18.9 Å². The summed E-state index contributed by atoms with van der Waals surface area (Å²) in [5.41, 5.74) is 3.01. The molecule has 0 amide bonds. The topological polar surface area (TPSA) is 32.3 Å². The number of rotatable bonds is 2. The molecule has 1 saturated heterocycles. The van der Waals surface area contributed by atoms with Crippen molar-refractivity contribution < 1.29 is 5.11 Å². The van der Waals surface area contributed by atoms with E-state index in [1.807, 2.05) is 48.5 Å². The van der Waals surface area contributed by atoms with Crippen LogP contribution in [0.3, 0.4) is 0 Å². The summed E-state index contributed by atoms with van der Waals surface area (Å²) in [5.74, 6) is 0.420. The van der Waals surface area contributed by atoms with Crippen molar-refractivity contribution in [2.75, 3.05) is 6.54 Å². The van der Waals surface area contributed by atoms with E-state index < -0.39 is 0 Å². The van der Waals surface area contributed by atoms with Crippen LogP contribution in [-0.2, 0) is 0 Å². The van der Waals surface area contributed by atoms with Crippen molar-refractivity contribution in [1.29, 1.82) is 0 Å². The summed E-state index contributed by atoms with van der Waals surface area (Å²) in [7, 11) is 0. The van der Waals surface area contributed by atoms with Crippen LogP contribution >= 0.6 is 0 Å². The lowest BCUT2D eigenvalue weighted by molar-refractivity contribution is 0.459. The van der Waals surface area contributed by atoms with Gasteiger partial charge in [0, 0.05) is 17.2 Å². The van der Waals surface area contributed by atoms with Crippen LogP contribution in [0.2, 0.25) is 0 Å². The van der Waals surface area contributed by atoms with Crippen LogP contribution in [-0.4, -0.2) is 11.7 Å². The van der Waals surface area contributed by atoms with E-state index in [0.29, 0.717) is 11.8 Å². The number of phenolic OH excluding ortho intramolecular Hbond substituents is 1. The molecule has 0 saturated carbocycles. The van der Waals surface area contributed by atoms with Gasteiger partial charge in [0.25, 0.3) is 0 Å². The van der Waals surface area contributed by atoms with Crippen LogP contribution in [0.15, 0.2) is 48.5 Å². The standard InChI is InChI=1S/C16H17NO/c18-16-13(12-6-2-1-3-7-12)8-4-9-14(16)15-10-5-11-17-15/h1-4,6-9,15,17-18H,5,10-11H2/t15-/m1/s1. The van der Waals surface area contributed by atoms with Crippen molar-refractivity contribution >= 4 is 0 Å². The van der Waals surface area contributed by atoms with Gasteiger partial charge < -0.3 is 10.4 Å². The monoisotopic (exact) mass is 239 g/mol. The van der Waals surface area contributed by atoms with Crippen LogP contribution < -0.4 is 5.32 Å². The van der Waals surface area contributed by atoms with Gasteiger partial charge in [0.15, 0.2) is 0 Å². The van der Waals surface area contributed by atoms with Crippen molar-refractivity contribution in [3.8, 4) is 16.9 Å². The van der Waals surface area contributed by atoms with Crippen LogP contribution in [0.5, 0.6) is 5.75 Å². The van der Waals surface area contributed by atoms with Gasteiger partial charge in [-0.05, 0) is 24.9 Å². The Hall–Kier alpha value is -1.80. The zero-order valence-corrected chi connectivity index (χ0v) is 10.3. The van der Waals surface area contributed by atoms with E-state index in [0.717, 1.165) is 29.7 Å². The molecule has 2 heteroatoms. The highest BCUT2D eigenvalue weighted by atomic mass is 16.3. The number of benzene rings is 2. The molecule has 0 radical (unpaired) electrons. The van der Waals surface area contributed by atoms with Crippen LogP contribution in [0.1, 0.15) is 24.4 Å². The third-order valence-corrected chi connectivity index (χ3v) is 3.59. The lowest BCUT2D eigenvalue weighted by Crippen LogP contribution is -2.13. The van der Waals surface area contributed by atoms with Gasteiger partial charge in [0.2, 0.25) is 0 Å². The minimum absolute atomic E-state index is 0.300. The first-order chi connectivity index (χ1) is 8.86. The van der Waals surface area contributed by atoms with Gasteiger partial charge in [-0.3, -0.25) is 0 Å². The first-order valence-corrected chi connectivity index (χ1v) is 6.47. The molecule has 92 valence electrons. The second kappa shape index (κ2) is 4.83. The molecule has 18 heavy (non-hydrogen) atoms. The second-order valence-electron chi connectivity index (χ2n) is 4.76. The van der Waals surface area contributed by atoms with E-state index in [4.69, 9.17) is 0 Å². The first kappa shape index (κ1) is 11.3. The van der Waals surface area contributed by atoms with Crippen molar-refractivity contribution in [3.63, 3.8) is 0 Å². The van der Waals surface area contributed by atoms with E-state index in [-0.39, 0.29) is 0 Å². The molecule has 0 spiro atoms. The summed E-state index contributed by atoms with van der Waals surface area (Å²) in [5, 5.41) is 13.9. The van der Waals surface area contributed by atoms with E-state index in [1.54, 1.807) is 0 Å². The number of para-hydroxylation sites is 1. The van der Waals surface area contributed by atoms with E-state index in [2.05, 4.69) is 5.32 Å². The van der Waals surface area contributed by atoms with Crippen LogP contribution in [0.25, 0.3) is 11.1 Å². The van der Waals surface area contributed by atoms with Crippen LogP contribution in [0.4, 0.5) is 0 Å². The molecule has 1 atom stereocenters. The zero-order valence-electron chi connectivity index (χ0n) is 10.3. The van der Waals surface area contributed by atoms with E-state index in [1.165, 1.54) is 6.42 Å². The highest BCUT2D eigenvalue weighted by Gasteiger charge is 2.20. The number of nitrogens with one attached hydrogen (secondary N) is 1. The summed E-state index contributed by atoms with van der Waals surface area (Å²) < 4.78 is 0. The Morgan fingerprint density at radius 1 is 1.00 bits per heavy atom. The SMILES string of the molecule is Oc1c(-c2ccccc2)cccc1[C@H]1CCCN1. The van der Waals surface area contributed by atoms with Crippen molar-refractivity contribution in [1.82, 2.24) is 5.32 Å². The van der Waals surface area contributed by atoms with Crippen LogP contribution in [0, 0.1) is 0 Å². The maximum Gasteiger partial charge on any atom is 0.128 e. The highest BCUT2D eigenvalue weighted by Crippen LogP contribution is 2.37. The van der Waals surface area contributed by atoms with Crippen molar-refractivity contribution in [3.05, 3.63) is 54.1 Å². The Kier molecular flexibility index (Phi) is 3.03. The van der Waals surface area contributed by atoms with Gasteiger partial charge in [-0.25, -0.2) is 0 Å². The summed E-state index contributed by atoms with van der Waals surface area (Å²) in [6.45, 7) is 1.04. The predicted molar refractivity (Wildman–Crippen MR) is 73.5 cm³/mol. The van der Waals surface area contributed by atoms with Gasteiger partial charge in [-0.15, -0.1) is 0 Å². The molecule has 0 aliphatic carbocycles. The molecule has 1 fully saturated rings. The van der Waals surface area contributed by atoms with Crippen molar-refractivity contribution in [2.24, 2.45) is 0 Å². The summed E-state index contributed by atoms with van der Waals surface area (Å²) >= 11 is 0. The van der Waals surface area contributed by atoms with Gasteiger partial charge >= 0.3 is 0 Å². The molecular weight excluding hydrogens is 222 g/mol. The fourth-order valence-corrected chi connectivity index (χ4v) is 2.64. The van der Waals surface area contributed by atoms with Gasteiger partial charge in [0.1, 0.15) is 5.75 Å². The molecule has 3 rings (SSSR count). The molecule has 1 heterocycles. The quantitative estimate of drug-likeness (QED) is 0.841. The third kappa shape index (κ3) is 2.00. The number of hydrogen-bond donors (Lipinski definition) is 2. The molecule has 2 aromatic rings. The maximum absolute atomic E-state index is 10.5. The fourth-order valence-electron chi connectivity index (χ4n) is 2.64. The average Bonchev–Trinajstić information content (AvgIpc) is 2.94. The molecule has 0 bridgehead atoms. The number of aromatic hydroxyl groups is 1. The molecule has 2 aromatic carbocycles. The van der Waals surface area contributed by atoms with Gasteiger partial charge in [0.05, 0.1) is 0 Å². The van der Waals surface area contributed by atoms with Gasteiger partial charge in [-0.2, -0.15) is 0 Å². The molecule has 1 aliphatic heterocycles. The number of hydrogen-bond acceptors (Lipinski definition) is 2. The Balaban J connectivity index is 2.04. The Morgan fingerprint density at radius 2 is 1.83 bits per heavy atom. The minimum Gasteiger partial charge on any atom is -0.507 e. The lowest BCUT2D eigenvalue weighted by atomic mass is 9.97. The third-order valence-electron chi connectivity index (χ3n) is 3.59.